The van der Waals surface area contributed by atoms with Crippen molar-refractivity contribution in [3.05, 3.63) is 23.8 Å². The zero-order valence-electron chi connectivity index (χ0n) is 17.1. The molecule has 6 nitrogen and oxygen atoms in total. The summed E-state index contributed by atoms with van der Waals surface area (Å²) in [6.07, 6.45) is 7.14. The molecule has 1 aliphatic heterocycles. The summed E-state index contributed by atoms with van der Waals surface area (Å²) in [5.41, 5.74) is 0.821. The van der Waals surface area contributed by atoms with Crippen LogP contribution in [-0.4, -0.2) is 62.0 Å². The monoisotopic (exact) mass is 388 g/mol. The smallest absolute Gasteiger partial charge is 0.227 e. The summed E-state index contributed by atoms with van der Waals surface area (Å²) in [5, 5.41) is 0. The molecule has 0 aromatic heterocycles. The summed E-state index contributed by atoms with van der Waals surface area (Å²) < 4.78 is 10.6. The third-order valence-corrected chi connectivity index (χ3v) is 6.06. The molecule has 0 atom stereocenters. The van der Waals surface area contributed by atoms with E-state index in [4.69, 9.17) is 9.47 Å². The summed E-state index contributed by atoms with van der Waals surface area (Å²) in [6.45, 7) is 2.45. The van der Waals surface area contributed by atoms with Gasteiger partial charge in [-0.3, -0.25) is 9.59 Å². The van der Waals surface area contributed by atoms with Crippen LogP contribution < -0.4 is 9.47 Å². The third-order valence-electron chi connectivity index (χ3n) is 6.06. The number of hydrogen-bond donors (Lipinski definition) is 0. The highest BCUT2D eigenvalue weighted by atomic mass is 16.5. The summed E-state index contributed by atoms with van der Waals surface area (Å²) in [4.78, 5) is 29.0. The Kier molecular flexibility index (Phi) is 7.18. The van der Waals surface area contributed by atoms with Crippen molar-refractivity contribution >= 4 is 11.8 Å². The van der Waals surface area contributed by atoms with Crippen molar-refractivity contribution in [2.45, 2.75) is 44.9 Å². The van der Waals surface area contributed by atoms with E-state index in [0.717, 1.165) is 17.9 Å². The van der Waals surface area contributed by atoms with E-state index in [0.29, 0.717) is 44.1 Å². The van der Waals surface area contributed by atoms with Crippen LogP contribution in [0.1, 0.15) is 44.1 Å². The van der Waals surface area contributed by atoms with E-state index in [1.165, 1.54) is 25.7 Å². The van der Waals surface area contributed by atoms with Gasteiger partial charge < -0.3 is 19.3 Å². The molecule has 2 aliphatic rings. The zero-order chi connectivity index (χ0) is 19.9. The van der Waals surface area contributed by atoms with Gasteiger partial charge in [-0.1, -0.05) is 25.7 Å². The van der Waals surface area contributed by atoms with Crippen LogP contribution in [0.2, 0.25) is 0 Å². The Balaban J connectivity index is 1.47. The van der Waals surface area contributed by atoms with Crippen molar-refractivity contribution in [2.24, 2.45) is 5.92 Å². The van der Waals surface area contributed by atoms with E-state index in [-0.39, 0.29) is 18.2 Å². The maximum atomic E-state index is 12.7. The summed E-state index contributed by atoms with van der Waals surface area (Å²) in [7, 11) is 3.21. The Bertz CT molecular complexity index is 677. The van der Waals surface area contributed by atoms with Crippen LogP contribution in [0, 0.1) is 5.92 Å². The van der Waals surface area contributed by atoms with Crippen molar-refractivity contribution in [3.8, 4) is 11.5 Å². The molecular weight excluding hydrogens is 356 g/mol. The molecule has 28 heavy (non-hydrogen) atoms. The quantitative estimate of drug-likeness (QED) is 0.721. The second-order valence-electron chi connectivity index (χ2n) is 7.81. The lowest BCUT2D eigenvalue weighted by atomic mass is 10.0. The SMILES string of the molecule is COc1ccc(OC)c(CC(=O)N2CCN(C(=O)CCC3CCCC3)CC2)c1. The Hall–Kier alpha value is -2.24. The van der Waals surface area contributed by atoms with E-state index in [2.05, 4.69) is 0 Å². The number of nitrogens with zero attached hydrogens (tertiary/aromatic N) is 2. The first-order valence-corrected chi connectivity index (χ1v) is 10.4. The molecule has 1 aromatic carbocycles. The van der Waals surface area contributed by atoms with Gasteiger partial charge in [0.1, 0.15) is 11.5 Å². The van der Waals surface area contributed by atoms with Gasteiger partial charge >= 0.3 is 0 Å². The van der Waals surface area contributed by atoms with E-state index < -0.39 is 0 Å². The molecule has 0 N–H and O–H groups in total. The van der Waals surface area contributed by atoms with E-state index in [9.17, 15) is 9.59 Å². The first-order chi connectivity index (χ1) is 13.6. The molecule has 0 unspecified atom stereocenters. The average molecular weight is 389 g/mol. The largest absolute Gasteiger partial charge is 0.497 e. The highest BCUT2D eigenvalue weighted by Gasteiger charge is 2.25. The van der Waals surface area contributed by atoms with Crippen LogP contribution in [0.15, 0.2) is 18.2 Å². The molecule has 1 heterocycles. The van der Waals surface area contributed by atoms with Gasteiger partial charge in [0.25, 0.3) is 0 Å². The lowest BCUT2D eigenvalue weighted by Crippen LogP contribution is -2.51. The topological polar surface area (TPSA) is 59.1 Å². The van der Waals surface area contributed by atoms with Crippen molar-refractivity contribution in [3.63, 3.8) is 0 Å². The highest BCUT2D eigenvalue weighted by Crippen LogP contribution is 2.29. The summed E-state index contributed by atoms with van der Waals surface area (Å²) in [5.74, 6) is 2.44. The predicted octanol–water partition coefficient (Wildman–Crippen LogP) is 2.89. The number of methoxy groups -OCH3 is 2. The minimum absolute atomic E-state index is 0.0598. The van der Waals surface area contributed by atoms with Gasteiger partial charge in [0.15, 0.2) is 0 Å². The molecule has 1 aliphatic carbocycles. The van der Waals surface area contributed by atoms with Crippen LogP contribution in [-0.2, 0) is 16.0 Å². The molecule has 1 saturated carbocycles. The maximum absolute atomic E-state index is 12.7. The second-order valence-corrected chi connectivity index (χ2v) is 7.81. The number of hydrogen-bond acceptors (Lipinski definition) is 4. The van der Waals surface area contributed by atoms with Gasteiger partial charge in [0.2, 0.25) is 11.8 Å². The lowest BCUT2D eigenvalue weighted by Gasteiger charge is -2.35. The van der Waals surface area contributed by atoms with Crippen molar-refractivity contribution in [2.75, 3.05) is 40.4 Å². The van der Waals surface area contributed by atoms with Crippen LogP contribution >= 0.6 is 0 Å². The van der Waals surface area contributed by atoms with Crippen LogP contribution in [0.4, 0.5) is 0 Å². The number of carbonyl (C=O) groups excluding carboxylic acids is 2. The number of carbonyl (C=O) groups is 2. The number of amides is 2. The number of benzene rings is 1. The number of ether oxygens (including phenoxy) is 2. The first kappa shape index (κ1) is 20.5. The minimum atomic E-state index is 0.0598. The molecule has 3 rings (SSSR count). The number of piperazine rings is 1. The van der Waals surface area contributed by atoms with Crippen LogP contribution in [0.25, 0.3) is 0 Å². The highest BCUT2D eigenvalue weighted by molar-refractivity contribution is 5.80. The van der Waals surface area contributed by atoms with Crippen LogP contribution in [0.5, 0.6) is 11.5 Å². The zero-order valence-corrected chi connectivity index (χ0v) is 17.1. The van der Waals surface area contributed by atoms with Gasteiger partial charge in [-0.2, -0.15) is 0 Å². The average Bonchev–Trinajstić information content (AvgIpc) is 3.25. The standard InChI is InChI=1S/C22H32N2O4/c1-27-19-8-9-20(28-2)18(15-19)16-22(26)24-13-11-23(12-14-24)21(25)10-7-17-5-3-4-6-17/h8-9,15,17H,3-7,10-14,16H2,1-2H3. The fraction of sp³-hybridized carbons (Fsp3) is 0.636. The van der Waals surface area contributed by atoms with Gasteiger partial charge in [-0.15, -0.1) is 0 Å². The van der Waals surface area contributed by atoms with Gasteiger partial charge in [0, 0.05) is 38.2 Å². The van der Waals surface area contributed by atoms with Crippen molar-refractivity contribution in [1.29, 1.82) is 0 Å². The Labute approximate surface area is 167 Å². The minimum Gasteiger partial charge on any atom is -0.497 e. The molecule has 6 heteroatoms. The lowest BCUT2D eigenvalue weighted by molar-refractivity contribution is -0.139. The Morgan fingerprint density at radius 3 is 2.21 bits per heavy atom. The van der Waals surface area contributed by atoms with E-state index in [1.54, 1.807) is 14.2 Å². The third kappa shape index (κ3) is 5.18. The fourth-order valence-corrected chi connectivity index (χ4v) is 4.28. The normalized spacial score (nSPS) is 17.6. The van der Waals surface area contributed by atoms with Gasteiger partial charge in [-0.25, -0.2) is 0 Å². The Morgan fingerprint density at radius 1 is 0.964 bits per heavy atom. The predicted molar refractivity (Wildman–Crippen MR) is 108 cm³/mol. The second kappa shape index (κ2) is 9.80. The molecule has 0 radical (unpaired) electrons. The summed E-state index contributed by atoms with van der Waals surface area (Å²) in [6, 6.07) is 5.49. The number of rotatable bonds is 7. The summed E-state index contributed by atoms with van der Waals surface area (Å²) >= 11 is 0. The molecule has 2 amide bonds. The van der Waals surface area contributed by atoms with Gasteiger partial charge in [-0.05, 0) is 30.5 Å². The van der Waals surface area contributed by atoms with Crippen molar-refractivity contribution in [1.82, 2.24) is 9.80 Å². The fourth-order valence-electron chi connectivity index (χ4n) is 4.28. The van der Waals surface area contributed by atoms with E-state index in [1.807, 2.05) is 28.0 Å². The van der Waals surface area contributed by atoms with Gasteiger partial charge in [0.05, 0.1) is 20.6 Å². The molecular formula is C22H32N2O4. The Morgan fingerprint density at radius 2 is 1.61 bits per heavy atom. The molecule has 0 bridgehead atoms. The molecule has 154 valence electrons. The maximum Gasteiger partial charge on any atom is 0.227 e. The molecule has 1 aromatic rings. The van der Waals surface area contributed by atoms with Crippen LogP contribution in [0.3, 0.4) is 0 Å². The first-order valence-electron chi connectivity index (χ1n) is 10.4. The molecule has 2 fully saturated rings. The van der Waals surface area contributed by atoms with Crippen molar-refractivity contribution < 1.29 is 19.1 Å². The molecule has 1 saturated heterocycles. The molecule has 0 spiro atoms. The van der Waals surface area contributed by atoms with E-state index >= 15 is 0 Å².